The zero-order valence-corrected chi connectivity index (χ0v) is 7.22. The Morgan fingerprint density at radius 1 is 0.846 bits per heavy atom. The van der Waals surface area contributed by atoms with Crippen molar-refractivity contribution in [2.24, 2.45) is 0 Å². The molecule has 0 unspecified atom stereocenters. The van der Waals surface area contributed by atoms with Crippen LogP contribution in [0.1, 0.15) is 0 Å². The van der Waals surface area contributed by atoms with E-state index in [1.807, 2.05) is 0 Å². The molecule has 7 heteroatoms. The van der Waals surface area contributed by atoms with E-state index in [0.29, 0.717) is 0 Å². The Balaban J connectivity index is 0.000000252. The summed E-state index contributed by atoms with van der Waals surface area (Å²) < 4.78 is 8.88. The van der Waals surface area contributed by atoms with Gasteiger partial charge in [0, 0.05) is 0 Å². The maximum atomic E-state index is 10.3. The number of rotatable bonds is 0. The van der Waals surface area contributed by atoms with Gasteiger partial charge < -0.3 is 14.7 Å². The van der Waals surface area contributed by atoms with Crippen LogP contribution in [0.25, 0.3) is 0 Å². The molecular weight excluding hydrogens is 199 g/mol. The second kappa shape index (κ2) is 4.84. The number of phosphoric acid groups is 1. The maximum absolute atomic E-state index is 10.3. The van der Waals surface area contributed by atoms with Crippen LogP contribution in [0.3, 0.4) is 0 Å². The van der Waals surface area contributed by atoms with Crippen LogP contribution in [-0.4, -0.2) is 26.2 Å². The molecule has 0 aromatic heterocycles. The number of carbonyl (C=O) groups excluding carboxylic acids is 2. The van der Waals surface area contributed by atoms with E-state index >= 15 is 0 Å². The van der Waals surface area contributed by atoms with Gasteiger partial charge in [0.25, 0.3) is 0 Å². The lowest BCUT2D eigenvalue weighted by molar-refractivity contribution is -0.113. The Hall–Kier alpha value is -1.07. The topological polar surface area (TPSA) is 112 Å². The van der Waals surface area contributed by atoms with Gasteiger partial charge in [-0.15, -0.1) is 0 Å². The van der Waals surface area contributed by atoms with Crippen LogP contribution in [0.15, 0.2) is 24.3 Å². The Kier molecular flexibility index (Phi) is 4.44. The van der Waals surface area contributed by atoms with Gasteiger partial charge in [-0.1, -0.05) is 0 Å². The normalized spacial score (nSPS) is 15.3. The highest BCUT2D eigenvalue weighted by molar-refractivity contribution is 7.45. The molecule has 0 saturated carbocycles. The fraction of sp³-hybridized carbons (Fsp3) is 0. The zero-order valence-electron chi connectivity index (χ0n) is 6.32. The minimum atomic E-state index is -4.64. The average molecular weight is 206 g/mol. The van der Waals surface area contributed by atoms with Gasteiger partial charge in [0.2, 0.25) is 0 Å². The quantitative estimate of drug-likeness (QED) is 0.357. The fourth-order valence-electron chi connectivity index (χ4n) is 0.440. The first-order valence-corrected chi connectivity index (χ1v) is 4.58. The van der Waals surface area contributed by atoms with E-state index < -0.39 is 7.82 Å². The standard InChI is InChI=1S/C6H4O2.H3O4P/c7-5-1-2-6(8)4-3-5;1-5(2,3)4/h1-4H;(H3,1,2,3,4). The number of allylic oxidation sites excluding steroid dienone is 4. The third kappa shape index (κ3) is 10.9. The van der Waals surface area contributed by atoms with Gasteiger partial charge in [0.05, 0.1) is 0 Å². The summed E-state index contributed by atoms with van der Waals surface area (Å²) in [5.74, 6) is -0.241. The van der Waals surface area contributed by atoms with Gasteiger partial charge in [0.15, 0.2) is 11.6 Å². The molecule has 1 rings (SSSR count). The summed E-state index contributed by atoms with van der Waals surface area (Å²) in [6.45, 7) is 0. The summed E-state index contributed by atoms with van der Waals surface area (Å²) in [6, 6.07) is 0. The SMILES string of the molecule is O=C1C=CC(=O)C=C1.O=P(O)(O)O. The van der Waals surface area contributed by atoms with Crippen LogP contribution in [0.5, 0.6) is 0 Å². The Labute approximate surface area is 73.4 Å². The molecule has 0 atom stereocenters. The molecule has 0 aromatic rings. The molecule has 1 aliphatic carbocycles. The van der Waals surface area contributed by atoms with Crippen LogP contribution in [0.4, 0.5) is 0 Å². The molecule has 0 radical (unpaired) electrons. The first-order chi connectivity index (χ1) is 5.79. The molecule has 0 spiro atoms. The highest BCUT2D eigenvalue weighted by Gasteiger charge is 2.00. The van der Waals surface area contributed by atoms with Gasteiger partial charge in [-0.25, -0.2) is 4.57 Å². The second-order valence-electron chi connectivity index (χ2n) is 1.98. The third-order valence-corrected chi connectivity index (χ3v) is 0.824. The van der Waals surface area contributed by atoms with Crippen molar-refractivity contribution in [3.05, 3.63) is 24.3 Å². The summed E-state index contributed by atoms with van der Waals surface area (Å²) in [7, 11) is -4.64. The molecule has 3 N–H and O–H groups in total. The largest absolute Gasteiger partial charge is 0.466 e. The summed E-state index contributed by atoms with van der Waals surface area (Å²) >= 11 is 0. The van der Waals surface area contributed by atoms with Crippen LogP contribution >= 0.6 is 7.82 Å². The minimum Gasteiger partial charge on any atom is -0.303 e. The zero-order chi connectivity index (χ0) is 10.5. The number of ketones is 2. The second-order valence-corrected chi connectivity index (χ2v) is 3.01. The molecule has 6 nitrogen and oxygen atoms in total. The first-order valence-electron chi connectivity index (χ1n) is 3.01. The molecule has 72 valence electrons. The molecular formula is C6H7O6P. The Bertz CT molecular complexity index is 263. The number of hydrogen-bond acceptors (Lipinski definition) is 3. The Morgan fingerprint density at radius 3 is 1.15 bits per heavy atom. The molecule has 0 saturated heterocycles. The summed E-state index contributed by atoms with van der Waals surface area (Å²) in [6.07, 6.45) is 5.01. The van der Waals surface area contributed by atoms with E-state index in [1.54, 1.807) is 0 Å². The molecule has 0 bridgehead atoms. The highest BCUT2D eigenvalue weighted by atomic mass is 31.2. The van der Waals surface area contributed by atoms with Gasteiger partial charge >= 0.3 is 7.82 Å². The molecule has 0 aliphatic heterocycles. The minimum absolute atomic E-state index is 0.121. The van der Waals surface area contributed by atoms with E-state index in [2.05, 4.69) is 0 Å². The highest BCUT2D eigenvalue weighted by Crippen LogP contribution is 2.25. The van der Waals surface area contributed by atoms with Crippen molar-refractivity contribution < 1.29 is 28.8 Å². The molecule has 13 heavy (non-hydrogen) atoms. The molecule has 0 fully saturated rings. The summed E-state index contributed by atoms with van der Waals surface area (Å²) in [4.78, 5) is 42.1. The maximum Gasteiger partial charge on any atom is 0.466 e. The van der Waals surface area contributed by atoms with E-state index in [-0.39, 0.29) is 11.6 Å². The predicted molar refractivity (Wildman–Crippen MR) is 42.6 cm³/mol. The van der Waals surface area contributed by atoms with Crippen LogP contribution in [0.2, 0.25) is 0 Å². The van der Waals surface area contributed by atoms with Crippen LogP contribution in [-0.2, 0) is 14.2 Å². The Morgan fingerprint density at radius 2 is 1.00 bits per heavy atom. The van der Waals surface area contributed by atoms with E-state index in [4.69, 9.17) is 19.2 Å². The van der Waals surface area contributed by atoms with Crippen molar-refractivity contribution in [2.45, 2.75) is 0 Å². The summed E-state index contributed by atoms with van der Waals surface area (Å²) in [5, 5.41) is 0. The van der Waals surface area contributed by atoms with Crippen molar-refractivity contribution in [1.82, 2.24) is 0 Å². The molecule has 0 amide bonds. The molecule has 1 aliphatic rings. The number of carbonyl (C=O) groups is 2. The van der Waals surface area contributed by atoms with Crippen molar-refractivity contribution in [3.8, 4) is 0 Å². The molecule has 0 heterocycles. The van der Waals surface area contributed by atoms with Crippen molar-refractivity contribution >= 4 is 19.4 Å². The average Bonchev–Trinajstić information content (AvgIpc) is 1.92. The lowest BCUT2D eigenvalue weighted by atomic mass is 10.2. The monoisotopic (exact) mass is 206 g/mol. The van der Waals surface area contributed by atoms with Crippen molar-refractivity contribution in [1.29, 1.82) is 0 Å². The predicted octanol–water partition coefficient (Wildman–Crippen LogP) is -0.678. The van der Waals surface area contributed by atoms with E-state index in [9.17, 15) is 9.59 Å². The third-order valence-electron chi connectivity index (χ3n) is 0.824. The molecule has 0 aromatic carbocycles. The van der Waals surface area contributed by atoms with Crippen LogP contribution in [0, 0.1) is 0 Å². The van der Waals surface area contributed by atoms with Crippen LogP contribution < -0.4 is 0 Å². The van der Waals surface area contributed by atoms with Crippen molar-refractivity contribution in [3.63, 3.8) is 0 Å². The smallest absolute Gasteiger partial charge is 0.303 e. The van der Waals surface area contributed by atoms with E-state index in [0.717, 1.165) is 0 Å². The van der Waals surface area contributed by atoms with E-state index in [1.165, 1.54) is 24.3 Å². The lowest BCUT2D eigenvalue weighted by Crippen LogP contribution is -1.97. The number of hydrogen-bond donors (Lipinski definition) is 3. The van der Waals surface area contributed by atoms with Gasteiger partial charge in [-0.3, -0.25) is 9.59 Å². The van der Waals surface area contributed by atoms with Gasteiger partial charge in [-0.2, -0.15) is 0 Å². The summed E-state index contributed by atoms with van der Waals surface area (Å²) in [5.41, 5.74) is 0. The first kappa shape index (κ1) is 11.9. The van der Waals surface area contributed by atoms with Crippen molar-refractivity contribution in [2.75, 3.05) is 0 Å². The van der Waals surface area contributed by atoms with Gasteiger partial charge in [0.1, 0.15) is 0 Å². The fourth-order valence-corrected chi connectivity index (χ4v) is 0.440. The lowest BCUT2D eigenvalue weighted by Gasteiger charge is -1.87. The van der Waals surface area contributed by atoms with Gasteiger partial charge in [-0.05, 0) is 24.3 Å².